The van der Waals surface area contributed by atoms with Gasteiger partial charge in [-0.05, 0) is 37.3 Å². The van der Waals surface area contributed by atoms with Gasteiger partial charge in [0, 0.05) is 11.8 Å². The summed E-state index contributed by atoms with van der Waals surface area (Å²) in [5.74, 6) is -1.72. The fourth-order valence-electron chi connectivity index (χ4n) is 1.88. The van der Waals surface area contributed by atoms with Crippen LogP contribution in [0.15, 0.2) is 47.4 Å². The van der Waals surface area contributed by atoms with Crippen molar-refractivity contribution in [2.45, 2.75) is 17.9 Å². The van der Waals surface area contributed by atoms with Gasteiger partial charge in [-0.15, -0.1) is 0 Å². The number of halogens is 2. The van der Waals surface area contributed by atoms with E-state index in [-0.39, 0.29) is 23.3 Å². The quantitative estimate of drug-likeness (QED) is 0.845. The number of hydrogen-bond donors (Lipinski definition) is 2. The summed E-state index contributed by atoms with van der Waals surface area (Å²) in [5, 5.41) is 8.11. The SMILES string of the molecule is CC(COc1ccc(F)c(F)c1)Nc1cccc(S(N)(=O)=O)c1. The molecule has 2 rings (SSSR count). The second-order valence-electron chi connectivity index (χ2n) is 5.01. The first kappa shape index (κ1) is 17.2. The van der Waals surface area contributed by atoms with Crippen LogP contribution in [0.3, 0.4) is 0 Å². The minimum absolute atomic E-state index is 0.00350. The van der Waals surface area contributed by atoms with Gasteiger partial charge in [-0.2, -0.15) is 0 Å². The van der Waals surface area contributed by atoms with Crippen LogP contribution in [0.1, 0.15) is 6.92 Å². The molecule has 2 aromatic rings. The Kier molecular flexibility index (Phi) is 5.17. The van der Waals surface area contributed by atoms with Crippen LogP contribution >= 0.6 is 0 Å². The average molecular weight is 342 g/mol. The molecule has 0 saturated carbocycles. The number of primary sulfonamides is 1. The normalized spacial score (nSPS) is 12.7. The summed E-state index contributed by atoms with van der Waals surface area (Å²) in [5.41, 5.74) is 0.554. The van der Waals surface area contributed by atoms with Crippen LogP contribution in [0, 0.1) is 11.6 Å². The summed E-state index contributed by atoms with van der Waals surface area (Å²) in [6, 6.07) is 9.10. The van der Waals surface area contributed by atoms with E-state index in [1.54, 1.807) is 19.1 Å². The van der Waals surface area contributed by atoms with Crippen LogP contribution in [0.2, 0.25) is 0 Å². The van der Waals surface area contributed by atoms with Crippen LogP contribution in [0.5, 0.6) is 5.75 Å². The number of hydrogen-bond acceptors (Lipinski definition) is 4. The number of rotatable bonds is 6. The van der Waals surface area contributed by atoms with E-state index in [0.29, 0.717) is 5.69 Å². The van der Waals surface area contributed by atoms with Crippen LogP contribution in [-0.4, -0.2) is 21.1 Å². The summed E-state index contributed by atoms with van der Waals surface area (Å²) in [4.78, 5) is -0.00350. The molecule has 8 heteroatoms. The van der Waals surface area contributed by atoms with Crippen LogP contribution < -0.4 is 15.2 Å². The van der Waals surface area contributed by atoms with E-state index in [4.69, 9.17) is 9.88 Å². The molecule has 23 heavy (non-hydrogen) atoms. The standard InChI is InChI=1S/C15H16F2N2O3S/c1-10(9-22-12-5-6-14(16)15(17)8-12)19-11-3-2-4-13(7-11)23(18,20)21/h2-8,10,19H,9H2,1H3,(H2,18,20,21). The molecule has 0 saturated heterocycles. The van der Waals surface area contributed by atoms with Gasteiger partial charge < -0.3 is 10.1 Å². The van der Waals surface area contributed by atoms with Crippen molar-refractivity contribution in [3.8, 4) is 5.75 Å². The molecule has 1 atom stereocenters. The second-order valence-corrected chi connectivity index (χ2v) is 6.57. The summed E-state index contributed by atoms with van der Waals surface area (Å²) < 4.78 is 53.8. The molecule has 0 aliphatic carbocycles. The molecule has 3 N–H and O–H groups in total. The van der Waals surface area contributed by atoms with E-state index < -0.39 is 21.7 Å². The Morgan fingerprint density at radius 2 is 1.91 bits per heavy atom. The Hall–Kier alpha value is -2.19. The van der Waals surface area contributed by atoms with Crippen LogP contribution in [0.25, 0.3) is 0 Å². The lowest BCUT2D eigenvalue weighted by atomic mass is 10.2. The fourth-order valence-corrected chi connectivity index (χ4v) is 2.44. The minimum atomic E-state index is -3.77. The van der Waals surface area contributed by atoms with Crippen molar-refractivity contribution in [1.29, 1.82) is 0 Å². The molecule has 0 fully saturated rings. The smallest absolute Gasteiger partial charge is 0.238 e. The van der Waals surface area contributed by atoms with Crippen LogP contribution in [-0.2, 0) is 10.0 Å². The number of ether oxygens (including phenoxy) is 1. The Labute approximate surface area is 133 Å². The molecule has 0 heterocycles. The van der Waals surface area contributed by atoms with Gasteiger partial charge in [0.05, 0.1) is 10.9 Å². The first-order chi connectivity index (χ1) is 10.8. The molecule has 0 spiro atoms. The largest absolute Gasteiger partial charge is 0.491 e. The van der Waals surface area contributed by atoms with E-state index in [9.17, 15) is 17.2 Å². The van der Waals surface area contributed by atoms with E-state index >= 15 is 0 Å². The zero-order chi connectivity index (χ0) is 17.0. The Morgan fingerprint density at radius 1 is 1.17 bits per heavy atom. The summed E-state index contributed by atoms with van der Waals surface area (Å²) >= 11 is 0. The Bertz CT molecular complexity index is 797. The van der Waals surface area contributed by atoms with Crippen LogP contribution in [0.4, 0.5) is 14.5 Å². The van der Waals surface area contributed by atoms with Gasteiger partial charge >= 0.3 is 0 Å². The zero-order valence-corrected chi connectivity index (χ0v) is 13.1. The number of benzene rings is 2. The van der Waals surface area contributed by atoms with Crippen molar-refractivity contribution in [3.05, 3.63) is 54.1 Å². The van der Waals surface area contributed by atoms with Crippen molar-refractivity contribution in [2.24, 2.45) is 5.14 Å². The van der Waals surface area contributed by atoms with Crippen molar-refractivity contribution < 1.29 is 21.9 Å². The molecule has 1 unspecified atom stereocenters. The van der Waals surface area contributed by atoms with Gasteiger partial charge in [-0.25, -0.2) is 22.3 Å². The predicted octanol–water partition coefficient (Wildman–Crippen LogP) is 2.49. The van der Waals surface area contributed by atoms with E-state index in [0.717, 1.165) is 12.1 Å². The summed E-state index contributed by atoms with van der Waals surface area (Å²) in [6.07, 6.45) is 0. The van der Waals surface area contributed by atoms with Gasteiger partial charge in [0.15, 0.2) is 11.6 Å². The molecule has 124 valence electrons. The third-order valence-corrected chi connectivity index (χ3v) is 3.88. The summed E-state index contributed by atoms with van der Waals surface area (Å²) in [6.45, 7) is 1.97. The van der Waals surface area contributed by atoms with Gasteiger partial charge in [0.1, 0.15) is 12.4 Å². The lowest BCUT2D eigenvalue weighted by Gasteiger charge is -2.16. The van der Waals surface area contributed by atoms with E-state index in [1.165, 1.54) is 18.2 Å². The van der Waals surface area contributed by atoms with E-state index in [2.05, 4.69) is 5.32 Å². The Morgan fingerprint density at radius 3 is 2.57 bits per heavy atom. The molecular formula is C15H16F2N2O3S. The third kappa shape index (κ3) is 4.90. The maximum atomic E-state index is 13.1. The fraction of sp³-hybridized carbons (Fsp3) is 0.200. The molecule has 0 aromatic heterocycles. The number of anilines is 1. The highest BCUT2D eigenvalue weighted by molar-refractivity contribution is 7.89. The van der Waals surface area contributed by atoms with Crippen molar-refractivity contribution in [3.63, 3.8) is 0 Å². The average Bonchev–Trinajstić information content (AvgIpc) is 2.48. The highest BCUT2D eigenvalue weighted by atomic mass is 32.2. The molecule has 0 bridgehead atoms. The zero-order valence-electron chi connectivity index (χ0n) is 12.3. The molecule has 0 aliphatic rings. The van der Waals surface area contributed by atoms with Crippen molar-refractivity contribution >= 4 is 15.7 Å². The summed E-state index contributed by atoms with van der Waals surface area (Å²) in [7, 11) is -3.77. The number of nitrogens with two attached hydrogens (primary N) is 1. The van der Waals surface area contributed by atoms with Gasteiger partial charge in [0.25, 0.3) is 0 Å². The second kappa shape index (κ2) is 6.93. The van der Waals surface area contributed by atoms with Gasteiger partial charge in [-0.3, -0.25) is 0 Å². The highest BCUT2D eigenvalue weighted by Gasteiger charge is 2.10. The first-order valence-electron chi connectivity index (χ1n) is 6.73. The topological polar surface area (TPSA) is 81.4 Å². The first-order valence-corrected chi connectivity index (χ1v) is 8.27. The van der Waals surface area contributed by atoms with Crippen molar-refractivity contribution in [2.75, 3.05) is 11.9 Å². The van der Waals surface area contributed by atoms with Gasteiger partial charge in [0.2, 0.25) is 10.0 Å². The lowest BCUT2D eigenvalue weighted by Crippen LogP contribution is -2.23. The molecule has 0 radical (unpaired) electrons. The number of sulfonamides is 1. The molecule has 0 amide bonds. The molecule has 0 aliphatic heterocycles. The highest BCUT2D eigenvalue weighted by Crippen LogP contribution is 2.17. The predicted molar refractivity (Wildman–Crippen MR) is 82.8 cm³/mol. The molecule has 5 nitrogen and oxygen atoms in total. The van der Waals surface area contributed by atoms with Gasteiger partial charge in [-0.1, -0.05) is 6.07 Å². The van der Waals surface area contributed by atoms with Crippen molar-refractivity contribution in [1.82, 2.24) is 0 Å². The minimum Gasteiger partial charge on any atom is -0.491 e. The van der Waals surface area contributed by atoms with E-state index in [1.807, 2.05) is 0 Å². The monoisotopic (exact) mass is 342 g/mol. The third-order valence-electron chi connectivity index (χ3n) is 2.97. The maximum Gasteiger partial charge on any atom is 0.238 e. The lowest BCUT2D eigenvalue weighted by molar-refractivity contribution is 0.301. The maximum absolute atomic E-state index is 13.1. The molecular weight excluding hydrogens is 326 g/mol. The number of nitrogens with one attached hydrogen (secondary N) is 1. The molecule has 2 aromatic carbocycles. The Balaban J connectivity index is 1.97.